The van der Waals surface area contributed by atoms with Crippen molar-refractivity contribution in [2.24, 2.45) is 0 Å². The van der Waals surface area contributed by atoms with Crippen molar-refractivity contribution in [2.75, 3.05) is 20.8 Å². The van der Waals surface area contributed by atoms with E-state index >= 15 is 0 Å². The van der Waals surface area contributed by atoms with Crippen molar-refractivity contribution in [3.63, 3.8) is 0 Å². The van der Waals surface area contributed by atoms with Gasteiger partial charge < -0.3 is 19.1 Å². The third-order valence-corrected chi connectivity index (χ3v) is 3.57. The van der Waals surface area contributed by atoms with E-state index in [1.807, 2.05) is 36.4 Å². The van der Waals surface area contributed by atoms with Gasteiger partial charge in [-0.3, -0.25) is 4.79 Å². The zero-order chi connectivity index (χ0) is 15.9. The van der Waals surface area contributed by atoms with Gasteiger partial charge in [0.1, 0.15) is 5.75 Å². The van der Waals surface area contributed by atoms with Crippen molar-refractivity contribution >= 4 is 5.97 Å². The van der Waals surface area contributed by atoms with Gasteiger partial charge >= 0.3 is 5.97 Å². The van der Waals surface area contributed by atoms with Gasteiger partial charge in [0.2, 0.25) is 0 Å². The van der Waals surface area contributed by atoms with Gasteiger partial charge in [-0.05, 0) is 48.4 Å². The number of ether oxygens (including phenoxy) is 2. The predicted octanol–water partition coefficient (Wildman–Crippen LogP) is 2.83. The zero-order valence-electron chi connectivity index (χ0n) is 12.9. The molecule has 2 aromatic rings. The van der Waals surface area contributed by atoms with E-state index in [0.29, 0.717) is 19.6 Å². The largest absolute Gasteiger partial charge is 0.497 e. The topological polar surface area (TPSA) is 60.7 Å². The molecule has 0 saturated heterocycles. The SMILES string of the molecule is COCCn1c(CCC(=O)O)ccc1-c1ccc(OC)cc1. The fourth-order valence-electron chi connectivity index (χ4n) is 2.42. The van der Waals surface area contributed by atoms with E-state index in [2.05, 4.69) is 4.57 Å². The molecule has 118 valence electrons. The molecule has 0 amide bonds. The average molecular weight is 303 g/mol. The Hall–Kier alpha value is -2.27. The molecule has 0 aliphatic heterocycles. The molecule has 0 spiro atoms. The lowest BCUT2D eigenvalue weighted by molar-refractivity contribution is -0.136. The monoisotopic (exact) mass is 303 g/mol. The molecule has 0 fully saturated rings. The van der Waals surface area contributed by atoms with E-state index in [4.69, 9.17) is 14.6 Å². The molecule has 1 N–H and O–H groups in total. The molecule has 0 saturated carbocycles. The minimum absolute atomic E-state index is 0.124. The maximum atomic E-state index is 10.8. The Bertz CT molecular complexity index is 616. The molecule has 1 aromatic carbocycles. The maximum Gasteiger partial charge on any atom is 0.303 e. The highest BCUT2D eigenvalue weighted by Gasteiger charge is 2.11. The summed E-state index contributed by atoms with van der Waals surface area (Å²) in [5.41, 5.74) is 3.13. The number of carboxylic acids is 1. The number of aliphatic carboxylic acids is 1. The minimum atomic E-state index is -0.787. The standard InChI is InChI=1S/C17H21NO4/c1-21-12-11-18-14(6-10-17(19)20)5-9-16(18)13-3-7-15(22-2)8-4-13/h3-5,7-9H,6,10-12H2,1-2H3,(H,19,20). The normalized spacial score (nSPS) is 10.6. The van der Waals surface area contributed by atoms with E-state index < -0.39 is 5.97 Å². The number of carbonyl (C=O) groups is 1. The summed E-state index contributed by atoms with van der Waals surface area (Å²) < 4.78 is 12.5. The lowest BCUT2D eigenvalue weighted by atomic mass is 10.1. The molecule has 1 aromatic heterocycles. The summed E-state index contributed by atoms with van der Waals surface area (Å²) in [5.74, 6) is 0.0235. The molecule has 0 atom stereocenters. The van der Waals surface area contributed by atoms with Crippen molar-refractivity contribution in [1.29, 1.82) is 0 Å². The number of hydrogen-bond donors (Lipinski definition) is 1. The summed E-state index contributed by atoms with van der Waals surface area (Å²) >= 11 is 0. The van der Waals surface area contributed by atoms with Gasteiger partial charge in [-0.25, -0.2) is 0 Å². The fraction of sp³-hybridized carbons (Fsp3) is 0.353. The quantitative estimate of drug-likeness (QED) is 0.814. The molecule has 22 heavy (non-hydrogen) atoms. The lowest BCUT2D eigenvalue weighted by Gasteiger charge is -2.13. The van der Waals surface area contributed by atoms with E-state index in [9.17, 15) is 4.79 Å². The van der Waals surface area contributed by atoms with Crippen LogP contribution in [0.2, 0.25) is 0 Å². The van der Waals surface area contributed by atoms with Gasteiger partial charge in [0.05, 0.1) is 20.1 Å². The molecule has 5 nitrogen and oxygen atoms in total. The predicted molar refractivity (Wildman–Crippen MR) is 84.3 cm³/mol. The Balaban J connectivity index is 2.30. The highest BCUT2D eigenvalue weighted by Crippen LogP contribution is 2.25. The smallest absolute Gasteiger partial charge is 0.303 e. The number of hydrogen-bond acceptors (Lipinski definition) is 3. The molecule has 5 heteroatoms. The summed E-state index contributed by atoms with van der Waals surface area (Å²) in [4.78, 5) is 10.8. The first kappa shape index (κ1) is 16.1. The molecule has 0 unspecified atom stereocenters. The van der Waals surface area contributed by atoms with Crippen LogP contribution in [0, 0.1) is 0 Å². The summed E-state index contributed by atoms with van der Waals surface area (Å²) in [6, 6.07) is 11.8. The van der Waals surface area contributed by atoms with Crippen LogP contribution >= 0.6 is 0 Å². The summed E-state index contributed by atoms with van der Waals surface area (Å²) in [5, 5.41) is 8.88. The second kappa shape index (κ2) is 7.66. The minimum Gasteiger partial charge on any atom is -0.497 e. The Morgan fingerprint density at radius 2 is 1.86 bits per heavy atom. The Morgan fingerprint density at radius 3 is 2.45 bits per heavy atom. The maximum absolute atomic E-state index is 10.8. The first-order valence-electron chi connectivity index (χ1n) is 7.19. The van der Waals surface area contributed by atoms with Crippen LogP contribution in [0.3, 0.4) is 0 Å². The second-order valence-electron chi connectivity index (χ2n) is 4.98. The zero-order valence-corrected chi connectivity index (χ0v) is 12.9. The number of aryl methyl sites for hydroxylation is 1. The highest BCUT2D eigenvalue weighted by atomic mass is 16.5. The molecule has 2 rings (SSSR count). The average Bonchev–Trinajstić information content (AvgIpc) is 2.93. The van der Waals surface area contributed by atoms with Crippen LogP contribution in [0.4, 0.5) is 0 Å². The van der Waals surface area contributed by atoms with E-state index in [-0.39, 0.29) is 6.42 Å². The van der Waals surface area contributed by atoms with Crippen molar-refractivity contribution in [1.82, 2.24) is 4.57 Å². The Labute approximate surface area is 130 Å². The second-order valence-corrected chi connectivity index (χ2v) is 4.98. The van der Waals surface area contributed by atoms with E-state index in [0.717, 1.165) is 22.7 Å². The summed E-state index contributed by atoms with van der Waals surface area (Å²) in [6.45, 7) is 1.28. The third kappa shape index (κ3) is 3.89. The van der Waals surface area contributed by atoms with Crippen molar-refractivity contribution in [2.45, 2.75) is 19.4 Å². The first-order chi connectivity index (χ1) is 10.7. The molecule has 0 aliphatic rings. The van der Waals surface area contributed by atoms with Crippen LogP contribution in [0.15, 0.2) is 36.4 Å². The summed E-state index contributed by atoms with van der Waals surface area (Å²) in [7, 11) is 3.30. The fourth-order valence-corrected chi connectivity index (χ4v) is 2.42. The number of aromatic nitrogens is 1. The Morgan fingerprint density at radius 1 is 1.14 bits per heavy atom. The lowest BCUT2D eigenvalue weighted by Crippen LogP contribution is -2.10. The number of benzene rings is 1. The van der Waals surface area contributed by atoms with Crippen molar-refractivity contribution < 1.29 is 19.4 Å². The van der Waals surface area contributed by atoms with Gasteiger partial charge in [0, 0.05) is 25.0 Å². The number of rotatable bonds is 8. The van der Waals surface area contributed by atoms with Crippen molar-refractivity contribution in [3.05, 3.63) is 42.1 Å². The molecular weight excluding hydrogens is 282 g/mol. The van der Waals surface area contributed by atoms with Crippen LogP contribution in [-0.2, 0) is 22.5 Å². The van der Waals surface area contributed by atoms with Crippen LogP contribution in [-0.4, -0.2) is 36.5 Å². The third-order valence-electron chi connectivity index (χ3n) is 3.57. The van der Waals surface area contributed by atoms with Gasteiger partial charge in [0.15, 0.2) is 0 Å². The molecule has 0 aliphatic carbocycles. The number of methoxy groups -OCH3 is 2. The molecular formula is C17H21NO4. The molecule has 1 heterocycles. The molecule has 0 radical (unpaired) electrons. The van der Waals surface area contributed by atoms with Crippen LogP contribution in [0.5, 0.6) is 5.75 Å². The highest BCUT2D eigenvalue weighted by molar-refractivity contribution is 5.67. The van der Waals surface area contributed by atoms with Crippen LogP contribution in [0.25, 0.3) is 11.3 Å². The Kier molecular flexibility index (Phi) is 5.61. The number of carboxylic acid groups (broad SMARTS) is 1. The van der Waals surface area contributed by atoms with Gasteiger partial charge in [-0.2, -0.15) is 0 Å². The first-order valence-corrected chi connectivity index (χ1v) is 7.19. The van der Waals surface area contributed by atoms with Crippen LogP contribution in [0.1, 0.15) is 12.1 Å². The van der Waals surface area contributed by atoms with Crippen molar-refractivity contribution in [3.8, 4) is 17.0 Å². The summed E-state index contributed by atoms with van der Waals surface area (Å²) in [6.07, 6.45) is 0.633. The van der Waals surface area contributed by atoms with E-state index in [1.165, 1.54) is 0 Å². The van der Waals surface area contributed by atoms with Gasteiger partial charge in [-0.1, -0.05) is 0 Å². The van der Waals surface area contributed by atoms with Gasteiger partial charge in [0.25, 0.3) is 0 Å². The number of nitrogens with zero attached hydrogens (tertiary/aromatic N) is 1. The molecule has 0 bridgehead atoms. The van der Waals surface area contributed by atoms with Gasteiger partial charge in [-0.15, -0.1) is 0 Å². The van der Waals surface area contributed by atoms with E-state index in [1.54, 1.807) is 14.2 Å². The van der Waals surface area contributed by atoms with Crippen LogP contribution < -0.4 is 4.74 Å².